The fourth-order valence-corrected chi connectivity index (χ4v) is 3.29. The lowest BCUT2D eigenvalue weighted by atomic mass is 9.85. The zero-order chi connectivity index (χ0) is 11.9. The molecular weight excluding hydrogens is 212 g/mol. The van der Waals surface area contributed by atoms with Gasteiger partial charge in [-0.1, -0.05) is 12.8 Å². The van der Waals surface area contributed by atoms with Gasteiger partial charge in [0.1, 0.15) is 0 Å². The van der Waals surface area contributed by atoms with Crippen molar-refractivity contribution in [1.82, 2.24) is 10.2 Å². The van der Waals surface area contributed by atoms with Crippen molar-refractivity contribution in [2.75, 3.05) is 32.8 Å². The van der Waals surface area contributed by atoms with Crippen LogP contribution in [0.1, 0.15) is 44.9 Å². The molecule has 2 aliphatic rings. The van der Waals surface area contributed by atoms with Gasteiger partial charge in [-0.3, -0.25) is 0 Å². The first-order chi connectivity index (χ1) is 8.40. The summed E-state index contributed by atoms with van der Waals surface area (Å²) in [6.07, 6.45) is 9.15. The molecule has 17 heavy (non-hydrogen) atoms. The largest absolute Gasteiger partial charge is 0.396 e. The van der Waals surface area contributed by atoms with Crippen LogP contribution in [0.25, 0.3) is 0 Å². The van der Waals surface area contributed by atoms with Gasteiger partial charge in [-0.2, -0.15) is 0 Å². The highest BCUT2D eigenvalue weighted by Gasteiger charge is 2.23. The highest BCUT2D eigenvalue weighted by Crippen LogP contribution is 2.23. The molecule has 1 heterocycles. The number of hydrogen-bond donors (Lipinski definition) is 2. The van der Waals surface area contributed by atoms with E-state index in [-0.39, 0.29) is 0 Å². The van der Waals surface area contributed by atoms with Gasteiger partial charge < -0.3 is 15.3 Å². The van der Waals surface area contributed by atoms with Crippen molar-refractivity contribution < 1.29 is 5.11 Å². The lowest BCUT2D eigenvalue weighted by Gasteiger charge is -2.31. The molecule has 0 radical (unpaired) electrons. The smallest absolute Gasteiger partial charge is 0.0474 e. The first-order valence-corrected chi connectivity index (χ1v) is 7.47. The van der Waals surface area contributed by atoms with Crippen molar-refractivity contribution in [3.05, 3.63) is 0 Å². The fraction of sp³-hybridized carbons (Fsp3) is 1.00. The summed E-state index contributed by atoms with van der Waals surface area (Å²) in [5.74, 6) is 0.510. The Labute approximate surface area is 106 Å². The molecule has 1 saturated carbocycles. The van der Waals surface area contributed by atoms with Crippen LogP contribution in [-0.2, 0) is 0 Å². The standard InChI is InChI=1S/C14H28N2O/c17-12-13-6-1-2-7-14(13)15-8-5-11-16-9-3-4-10-16/h13-15,17H,1-12H2. The van der Waals surface area contributed by atoms with E-state index in [0.717, 1.165) is 6.54 Å². The van der Waals surface area contributed by atoms with E-state index < -0.39 is 0 Å². The molecule has 0 spiro atoms. The summed E-state index contributed by atoms with van der Waals surface area (Å²) in [5, 5.41) is 13.0. The van der Waals surface area contributed by atoms with Crippen molar-refractivity contribution in [1.29, 1.82) is 0 Å². The molecule has 1 aliphatic heterocycles. The number of likely N-dealkylation sites (tertiary alicyclic amines) is 1. The fourth-order valence-electron chi connectivity index (χ4n) is 3.29. The van der Waals surface area contributed by atoms with Gasteiger partial charge in [-0.15, -0.1) is 0 Å². The molecule has 0 amide bonds. The van der Waals surface area contributed by atoms with Gasteiger partial charge in [0, 0.05) is 12.6 Å². The number of nitrogens with one attached hydrogen (secondary N) is 1. The molecule has 2 unspecified atom stereocenters. The van der Waals surface area contributed by atoms with Crippen LogP contribution in [0.2, 0.25) is 0 Å². The first kappa shape index (κ1) is 13.3. The van der Waals surface area contributed by atoms with Gasteiger partial charge >= 0.3 is 0 Å². The minimum Gasteiger partial charge on any atom is -0.396 e. The van der Waals surface area contributed by atoms with E-state index in [1.165, 1.54) is 64.6 Å². The molecule has 2 fully saturated rings. The summed E-state index contributed by atoms with van der Waals surface area (Å²) >= 11 is 0. The summed E-state index contributed by atoms with van der Waals surface area (Å²) in [6.45, 7) is 5.36. The van der Waals surface area contributed by atoms with E-state index in [2.05, 4.69) is 10.2 Å². The maximum absolute atomic E-state index is 9.34. The van der Waals surface area contributed by atoms with Crippen LogP contribution in [0.4, 0.5) is 0 Å². The zero-order valence-electron chi connectivity index (χ0n) is 11.0. The van der Waals surface area contributed by atoms with Crippen molar-refractivity contribution in [3.63, 3.8) is 0 Å². The third kappa shape index (κ3) is 4.23. The Balaban J connectivity index is 1.56. The SMILES string of the molecule is OCC1CCCCC1NCCCN1CCCC1. The number of rotatable bonds is 6. The molecule has 1 aliphatic carbocycles. The lowest BCUT2D eigenvalue weighted by Crippen LogP contribution is -2.41. The predicted molar refractivity (Wildman–Crippen MR) is 71.1 cm³/mol. The Morgan fingerprint density at radius 3 is 2.59 bits per heavy atom. The molecule has 0 aromatic heterocycles. The summed E-state index contributed by atoms with van der Waals surface area (Å²) < 4.78 is 0. The predicted octanol–water partition coefficient (Wildman–Crippen LogP) is 1.61. The van der Waals surface area contributed by atoms with E-state index >= 15 is 0 Å². The summed E-state index contributed by atoms with van der Waals surface area (Å²) in [7, 11) is 0. The Hall–Kier alpha value is -0.120. The molecule has 2 N–H and O–H groups in total. The Morgan fingerprint density at radius 2 is 1.82 bits per heavy atom. The molecule has 3 nitrogen and oxygen atoms in total. The van der Waals surface area contributed by atoms with Crippen molar-refractivity contribution in [2.45, 2.75) is 51.0 Å². The van der Waals surface area contributed by atoms with Crippen LogP contribution in [0.3, 0.4) is 0 Å². The second-order valence-corrected chi connectivity index (χ2v) is 5.69. The van der Waals surface area contributed by atoms with E-state index in [4.69, 9.17) is 0 Å². The maximum Gasteiger partial charge on any atom is 0.0474 e. The number of aliphatic hydroxyl groups excluding tert-OH is 1. The van der Waals surface area contributed by atoms with Crippen LogP contribution in [0.15, 0.2) is 0 Å². The van der Waals surface area contributed by atoms with E-state index in [9.17, 15) is 5.11 Å². The van der Waals surface area contributed by atoms with Crippen LogP contribution >= 0.6 is 0 Å². The van der Waals surface area contributed by atoms with Gasteiger partial charge in [0.2, 0.25) is 0 Å². The molecular formula is C14H28N2O. The number of nitrogens with zero attached hydrogens (tertiary/aromatic N) is 1. The minimum atomic E-state index is 0.365. The summed E-state index contributed by atoms with van der Waals surface area (Å²) in [5.41, 5.74) is 0. The second-order valence-electron chi connectivity index (χ2n) is 5.69. The third-order valence-electron chi connectivity index (χ3n) is 4.40. The van der Waals surface area contributed by atoms with E-state index in [1.54, 1.807) is 0 Å². The molecule has 2 rings (SSSR count). The Kier molecular flexibility index (Phi) is 5.75. The van der Waals surface area contributed by atoms with Gasteiger partial charge in [0.05, 0.1) is 0 Å². The van der Waals surface area contributed by atoms with Gasteiger partial charge in [0.15, 0.2) is 0 Å². The molecule has 0 aromatic rings. The highest BCUT2D eigenvalue weighted by molar-refractivity contribution is 4.80. The zero-order valence-corrected chi connectivity index (χ0v) is 11.0. The second kappa shape index (κ2) is 7.34. The highest BCUT2D eigenvalue weighted by atomic mass is 16.3. The van der Waals surface area contributed by atoms with Crippen molar-refractivity contribution >= 4 is 0 Å². The monoisotopic (exact) mass is 240 g/mol. The molecule has 0 bridgehead atoms. The van der Waals surface area contributed by atoms with Crippen LogP contribution < -0.4 is 5.32 Å². The lowest BCUT2D eigenvalue weighted by molar-refractivity contribution is 0.152. The van der Waals surface area contributed by atoms with Crippen molar-refractivity contribution in [3.8, 4) is 0 Å². The van der Waals surface area contributed by atoms with Crippen molar-refractivity contribution in [2.24, 2.45) is 5.92 Å². The quantitative estimate of drug-likeness (QED) is 0.693. The van der Waals surface area contributed by atoms with Crippen LogP contribution in [0.5, 0.6) is 0 Å². The third-order valence-corrected chi connectivity index (χ3v) is 4.40. The molecule has 2 atom stereocenters. The molecule has 3 heteroatoms. The van der Waals surface area contributed by atoms with E-state index in [1.807, 2.05) is 0 Å². The normalized spacial score (nSPS) is 30.9. The number of aliphatic hydroxyl groups is 1. The molecule has 1 saturated heterocycles. The van der Waals surface area contributed by atoms with Gasteiger partial charge in [-0.05, 0) is 64.2 Å². The first-order valence-electron chi connectivity index (χ1n) is 7.47. The maximum atomic E-state index is 9.34. The Morgan fingerprint density at radius 1 is 1.06 bits per heavy atom. The summed E-state index contributed by atoms with van der Waals surface area (Å²) in [6, 6.07) is 0.576. The van der Waals surface area contributed by atoms with Crippen LogP contribution in [0, 0.1) is 5.92 Å². The molecule has 100 valence electrons. The molecule has 0 aromatic carbocycles. The minimum absolute atomic E-state index is 0.365. The van der Waals surface area contributed by atoms with E-state index in [0.29, 0.717) is 18.6 Å². The van der Waals surface area contributed by atoms with Gasteiger partial charge in [0.25, 0.3) is 0 Å². The van der Waals surface area contributed by atoms with Gasteiger partial charge in [-0.25, -0.2) is 0 Å². The Bertz CT molecular complexity index is 204. The average Bonchev–Trinajstić information content (AvgIpc) is 2.88. The average molecular weight is 240 g/mol. The van der Waals surface area contributed by atoms with Crippen LogP contribution in [-0.4, -0.2) is 48.8 Å². The summed E-state index contributed by atoms with van der Waals surface area (Å²) in [4.78, 5) is 2.58. The topological polar surface area (TPSA) is 35.5 Å². The number of hydrogen-bond acceptors (Lipinski definition) is 3.